The molecule has 0 aromatic rings. The zero-order chi connectivity index (χ0) is 8.84. The number of hydrogen-bond acceptors (Lipinski definition) is 1. The number of ketones is 1. The summed E-state index contributed by atoms with van der Waals surface area (Å²) in [6.07, 6.45) is 13.8. The molecule has 1 fully saturated rings. The Morgan fingerprint density at radius 2 is 1.46 bits per heavy atom. The second-order valence-electron chi connectivity index (χ2n) is 4.17. The number of hydrogen-bond donors (Lipinski definition) is 0. The first-order chi connectivity index (χ1) is 6.36. The summed E-state index contributed by atoms with van der Waals surface area (Å²) in [6.45, 7) is 0. The predicted molar refractivity (Wildman–Crippen MR) is 51.0 cm³/mol. The first kappa shape index (κ1) is 7.31. The fourth-order valence-corrected chi connectivity index (χ4v) is 2.78. The highest BCUT2D eigenvalue weighted by atomic mass is 16.1. The summed E-state index contributed by atoms with van der Waals surface area (Å²) < 4.78 is 0. The molecule has 4 bridgehead atoms. The molecule has 1 nitrogen and oxygen atoms in total. The molecular formula is C12H12O. The second kappa shape index (κ2) is 2.44. The molecule has 1 heteroatoms. The summed E-state index contributed by atoms with van der Waals surface area (Å²) in [5, 5.41) is 0. The normalized spacial score (nSPS) is 45.4. The van der Waals surface area contributed by atoms with Crippen molar-refractivity contribution in [2.75, 3.05) is 0 Å². The van der Waals surface area contributed by atoms with Crippen molar-refractivity contribution >= 4 is 5.78 Å². The van der Waals surface area contributed by atoms with Gasteiger partial charge in [0.15, 0.2) is 0 Å². The summed E-state index contributed by atoms with van der Waals surface area (Å²) in [7, 11) is 0. The number of carbonyl (C=O) groups is 1. The third-order valence-corrected chi connectivity index (χ3v) is 3.48. The summed E-state index contributed by atoms with van der Waals surface area (Å²) in [5.41, 5.74) is 0. The van der Waals surface area contributed by atoms with E-state index in [9.17, 15) is 4.79 Å². The van der Waals surface area contributed by atoms with Crippen molar-refractivity contribution in [3.05, 3.63) is 36.5 Å². The van der Waals surface area contributed by atoms with Crippen molar-refractivity contribution in [2.24, 2.45) is 23.7 Å². The van der Waals surface area contributed by atoms with Gasteiger partial charge in [0.05, 0.1) is 0 Å². The molecule has 0 unspecified atom stereocenters. The Labute approximate surface area is 77.8 Å². The van der Waals surface area contributed by atoms with E-state index in [0.29, 0.717) is 17.6 Å². The Morgan fingerprint density at radius 3 is 2.00 bits per heavy atom. The molecular weight excluding hydrogens is 160 g/mol. The smallest absolute Gasteiger partial charge is 0.147 e. The van der Waals surface area contributed by atoms with Gasteiger partial charge in [0.25, 0.3) is 0 Å². The number of carbonyl (C=O) groups excluding carboxylic acids is 1. The van der Waals surface area contributed by atoms with Crippen LogP contribution < -0.4 is 0 Å². The maximum absolute atomic E-state index is 11.9. The average molecular weight is 172 g/mol. The number of allylic oxidation sites excluding steroid dienone is 6. The van der Waals surface area contributed by atoms with Crippen molar-refractivity contribution in [3.63, 3.8) is 0 Å². The molecule has 0 spiro atoms. The molecule has 0 amide bonds. The Morgan fingerprint density at radius 1 is 0.923 bits per heavy atom. The van der Waals surface area contributed by atoms with Crippen LogP contribution in [0.25, 0.3) is 0 Å². The van der Waals surface area contributed by atoms with E-state index in [2.05, 4.69) is 24.3 Å². The average Bonchev–Trinajstić information content (AvgIpc) is 2.51. The van der Waals surface area contributed by atoms with Crippen LogP contribution in [0.15, 0.2) is 36.5 Å². The molecule has 66 valence electrons. The standard InChI is InChI=1S/C12H12O/c13-12-10-3-1-2-4-11(12)9-6-5-8(10)7-9/h1-6,8-11H,7H2/t8-,9-,10-,11-/m0/s1. The zero-order valence-electron chi connectivity index (χ0n) is 7.39. The van der Waals surface area contributed by atoms with Gasteiger partial charge in [0.2, 0.25) is 0 Å². The van der Waals surface area contributed by atoms with Crippen molar-refractivity contribution in [3.8, 4) is 0 Å². The predicted octanol–water partition coefficient (Wildman–Crippen LogP) is 2.12. The molecule has 13 heavy (non-hydrogen) atoms. The molecule has 1 saturated carbocycles. The summed E-state index contributed by atoms with van der Waals surface area (Å²) in [6, 6.07) is 0. The van der Waals surface area contributed by atoms with E-state index in [4.69, 9.17) is 0 Å². The van der Waals surface area contributed by atoms with Gasteiger partial charge in [-0.3, -0.25) is 4.79 Å². The van der Waals surface area contributed by atoms with Gasteiger partial charge in [0.1, 0.15) is 5.78 Å². The summed E-state index contributed by atoms with van der Waals surface area (Å²) in [4.78, 5) is 11.9. The minimum Gasteiger partial charge on any atom is -0.298 e. The fourth-order valence-electron chi connectivity index (χ4n) is 2.78. The highest BCUT2D eigenvalue weighted by Gasteiger charge is 2.42. The van der Waals surface area contributed by atoms with Gasteiger partial charge in [0, 0.05) is 11.8 Å². The van der Waals surface area contributed by atoms with Crippen LogP contribution >= 0.6 is 0 Å². The maximum atomic E-state index is 11.9. The number of rotatable bonds is 0. The van der Waals surface area contributed by atoms with Crippen LogP contribution in [0, 0.1) is 23.7 Å². The molecule has 0 aromatic carbocycles. The molecule has 0 N–H and O–H groups in total. The third kappa shape index (κ3) is 0.902. The van der Waals surface area contributed by atoms with Gasteiger partial charge in [-0.15, -0.1) is 0 Å². The Hall–Kier alpha value is -1.11. The van der Waals surface area contributed by atoms with Crippen LogP contribution in [-0.2, 0) is 4.79 Å². The first-order valence-corrected chi connectivity index (χ1v) is 4.93. The maximum Gasteiger partial charge on any atom is 0.147 e. The van der Waals surface area contributed by atoms with Gasteiger partial charge in [-0.05, 0) is 18.3 Å². The lowest BCUT2D eigenvalue weighted by molar-refractivity contribution is -0.127. The zero-order valence-corrected chi connectivity index (χ0v) is 7.39. The van der Waals surface area contributed by atoms with Crippen molar-refractivity contribution in [1.29, 1.82) is 0 Å². The minimum absolute atomic E-state index is 0.162. The summed E-state index contributed by atoms with van der Waals surface area (Å²) >= 11 is 0. The van der Waals surface area contributed by atoms with Crippen LogP contribution in [-0.4, -0.2) is 5.78 Å². The lowest BCUT2D eigenvalue weighted by Gasteiger charge is -2.30. The van der Waals surface area contributed by atoms with Crippen LogP contribution in [0.3, 0.4) is 0 Å². The minimum atomic E-state index is 0.162. The SMILES string of the molecule is O=C1[C@H]2C=CC=C[C@H]1[C@H]1C=C[C@H]2C1. The van der Waals surface area contributed by atoms with E-state index in [1.54, 1.807) is 0 Å². The molecule has 0 aliphatic heterocycles. The Bertz CT molecular complexity index is 305. The van der Waals surface area contributed by atoms with Gasteiger partial charge in [-0.1, -0.05) is 36.5 Å². The van der Waals surface area contributed by atoms with E-state index < -0.39 is 0 Å². The molecule has 0 aromatic heterocycles. The molecule has 0 saturated heterocycles. The lowest BCUT2D eigenvalue weighted by Crippen LogP contribution is -2.34. The largest absolute Gasteiger partial charge is 0.298 e. The molecule has 4 atom stereocenters. The van der Waals surface area contributed by atoms with E-state index in [1.807, 2.05) is 12.2 Å². The van der Waals surface area contributed by atoms with E-state index >= 15 is 0 Å². The topological polar surface area (TPSA) is 17.1 Å². The molecule has 3 aliphatic carbocycles. The Balaban J connectivity index is 2.11. The molecule has 3 aliphatic rings. The van der Waals surface area contributed by atoms with Gasteiger partial charge in [-0.25, -0.2) is 0 Å². The fraction of sp³-hybridized carbons (Fsp3) is 0.417. The van der Waals surface area contributed by atoms with Crippen LogP contribution in [0.4, 0.5) is 0 Å². The monoisotopic (exact) mass is 172 g/mol. The van der Waals surface area contributed by atoms with Gasteiger partial charge >= 0.3 is 0 Å². The van der Waals surface area contributed by atoms with Crippen molar-refractivity contribution < 1.29 is 4.79 Å². The number of fused-ring (bicyclic) bond motifs is 6. The second-order valence-corrected chi connectivity index (χ2v) is 4.17. The first-order valence-electron chi connectivity index (χ1n) is 4.93. The van der Waals surface area contributed by atoms with E-state index in [0.717, 1.165) is 0 Å². The van der Waals surface area contributed by atoms with Gasteiger partial charge in [-0.2, -0.15) is 0 Å². The van der Waals surface area contributed by atoms with E-state index in [1.165, 1.54) is 6.42 Å². The molecule has 0 radical (unpaired) electrons. The van der Waals surface area contributed by atoms with Crippen LogP contribution in [0.1, 0.15) is 6.42 Å². The van der Waals surface area contributed by atoms with Crippen molar-refractivity contribution in [2.45, 2.75) is 6.42 Å². The molecule has 3 rings (SSSR count). The van der Waals surface area contributed by atoms with Crippen LogP contribution in [0.5, 0.6) is 0 Å². The quantitative estimate of drug-likeness (QED) is 0.511. The summed E-state index contributed by atoms with van der Waals surface area (Å²) in [5.74, 6) is 1.73. The van der Waals surface area contributed by atoms with Gasteiger partial charge < -0.3 is 0 Å². The van der Waals surface area contributed by atoms with Crippen LogP contribution in [0.2, 0.25) is 0 Å². The van der Waals surface area contributed by atoms with E-state index in [-0.39, 0.29) is 11.8 Å². The molecule has 0 heterocycles. The highest BCUT2D eigenvalue weighted by Crippen LogP contribution is 2.43. The van der Waals surface area contributed by atoms with Crippen molar-refractivity contribution in [1.82, 2.24) is 0 Å². The lowest BCUT2D eigenvalue weighted by atomic mass is 9.72. The Kier molecular flexibility index (Phi) is 1.37. The third-order valence-electron chi connectivity index (χ3n) is 3.48. The number of Topliss-reactive ketones (excluding diaryl/α,β-unsaturated/α-hetero) is 1. The highest BCUT2D eigenvalue weighted by molar-refractivity contribution is 5.89.